The maximum Gasteiger partial charge on any atom is 0.0395 e. The number of thiophene rings is 1. The molecule has 0 bridgehead atoms. The average molecular weight is 289 g/mol. The molecule has 0 amide bonds. The van der Waals surface area contributed by atoms with Gasteiger partial charge in [-0.2, -0.15) is 0 Å². The number of aryl methyl sites for hydroxylation is 1. The number of nitrogen functional groups attached to an aromatic ring is 2. The zero-order valence-corrected chi connectivity index (χ0v) is 12.8. The topological polar surface area (TPSA) is 78.1 Å². The Labute approximate surface area is 124 Å². The van der Waals surface area contributed by atoms with Gasteiger partial charge in [0, 0.05) is 33.9 Å². The first-order valence-corrected chi connectivity index (χ1v) is 8.00. The van der Waals surface area contributed by atoms with E-state index in [1.807, 2.05) is 18.2 Å². The van der Waals surface area contributed by atoms with Crippen molar-refractivity contribution >= 4 is 22.7 Å². The van der Waals surface area contributed by atoms with Crippen LogP contribution in [0.2, 0.25) is 0 Å². The van der Waals surface area contributed by atoms with Gasteiger partial charge in [0.05, 0.1) is 0 Å². The third-order valence-corrected chi connectivity index (χ3v) is 4.58. The molecule has 4 heteroatoms. The van der Waals surface area contributed by atoms with Crippen molar-refractivity contribution in [2.75, 3.05) is 11.5 Å². The number of hydrogen-bond donors (Lipinski definition) is 3. The van der Waals surface area contributed by atoms with Crippen LogP contribution in [-0.4, -0.2) is 0 Å². The van der Waals surface area contributed by atoms with Gasteiger partial charge in [-0.05, 0) is 42.0 Å². The van der Waals surface area contributed by atoms with Crippen LogP contribution in [0.5, 0.6) is 0 Å². The molecule has 2 rings (SSSR count). The normalized spacial score (nSPS) is 10.9. The maximum absolute atomic E-state index is 6.14. The Kier molecular flexibility index (Phi) is 5.04. The molecule has 0 fully saturated rings. The van der Waals surface area contributed by atoms with Gasteiger partial charge < -0.3 is 17.2 Å². The van der Waals surface area contributed by atoms with Crippen LogP contribution in [-0.2, 0) is 13.0 Å². The monoisotopic (exact) mass is 289 g/mol. The first kappa shape index (κ1) is 14.9. The minimum atomic E-state index is 0.544. The molecule has 1 heterocycles. The molecule has 3 nitrogen and oxygen atoms in total. The standard InChI is InChI=1S/C16H23N3S/c1-2-3-4-5-11-10-20-15(9-17)16(11)13-8-12(18)6-7-14(13)19/h6-8,10H,2-5,9,17-19H2,1H3. The summed E-state index contributed by atoms with van der Waals surface area (Å²) in [5, 5.41) is 2.22. The first-order chi connectivity index (χ1) is 9.67. The predicted molar refractivity (Wildman–Crippen MR) is 89.7 cm³/mol. The summed E-state index contributed by atoms with van der Waals surface area (Å²) in [6.07, 6.45) is 4.75. The molecular formula is C16H23N3S. The van der Waals surface area contributed by atoms with E-state index in [9.17, 15) is 0 Å². The lowest BCUT2D eigenvalue weighted by Crippen LogP contribution is -2.00. The molecule has 0 aliphatic heterocycles. The third-order valence-electron chi connectivity index (χ3n) is 3.53. The van der Waals surface area contributed by atoms with Crippen molar-refractivity contribution in [3.8, 4) is 11.1 Å². The molecule has 20 heavy (non-hydrogen) atoms. The van der Waals surface area contributed by atoms with Gasteiger partial charge in [0.1, 0.15) is 0 Å². The van der Waals surface area contributed by atoms with Crippen molar-refractivity contribution in [2.24, 2.45) is 5.73 Å². The smallest absolute Gasteiger partial charge is 0.0395 e. The molecule has 0 atom stereocenters. The lowest BCUT2D eigenvalue weighted by Gasteiger charge is -2.11. The van der Waals surface area contributed by atoms with Gasteiger partial charge in [-0.15, -0.1) is 11.3 Å². The van der Waals surface area contributed by atoms with Gasteiger partial charge in [-0.1, -0.05) is 19.8 Å². The lowest BCUT2D eigenvalue weighted by molar-refractivity contribution is 0.719. The van der Waals surface area contributed by atoms with Crippen LogP contribution in [0.4, 0.5) is 11.4 Å². The fourth-order valence-electron chi connectivity index (χ4n) is 2.45. The quantitative estimate of drug-likeness (QED) is 0.559. The highest BCUT2D eigenvalue weighted by Gasteiger charge is 2.15. The van der Waals surface area contributed by atoms with Gasteiger partial charge >= 0.3 is 0 Å². The number of benzene rings is 1. The fraction of sp³-hybridized carbons (Fsp3) is 0.375. The molecule has 0 spiro atoms. The van der Waals surface area contributed by atoms with E-state index in [2.05, 4.69) is 12.3 Å². The van der Waals surface area contributed by atoms with Crippen molar-refractivity contribution in [2.45, 2.75) is 39.2 Å². The fourth-order valence-corrected chi connectivity index (χ4v) is 3.43. The van der Waals surface area contributed by atoms with E-state index >= 15 is 0 Å². The summed E-state index contributed by atoms with van der Waals surface area (Å²) < 4.78 is 0. The zero-order chi connectivity index (χ0) is 14.5. The Bertz CT molecular complexity index is 575. The van der Waals surface area contributed by atoms with Gasteiger partial charge in [0.25, 0.3) is 0 Å². The molecule has 108 valence electrons. The van der Waals surface area contributed by atoms with Gasteiger partial charge in [-0.3, -0.25) is 0 Å². The lowest BCUT2D eigenvalue weighted by atomic mass is 9.96. The molecule has 0 saturated heterocycles. The third kappa shape index (κ3) is 3.14. The minimum Gasteiger partial charge on any atom is -0.399 e. The van der Waals surface area contributed by atoms with Gasteiger partial charge in [0.15, 0.2) is 0 Å². The second-order valence-corrected chi connectivity index (χ2v) is 6.03. The highest BCUT2D eigenvalue weighted by molar-refractivity contribution is 7.10. The number of nitrogens with two attached hydrogens (primary N) is 3. The number of unbranched alkanes of at least 4 members (excludes halogenated alkanes) is 2. The van der Waals surface area contributed by atoms with E-state index in [1.54, 1.807) is 11.3 Å². The van der Waals surface area contributed by atoms with E-state index in [4.69, 9.17) is 17.2 Å². The largest absolute Gasteiger partial charge is 0.399 e. The van der Waals surface area contributed by atoms with E-state index in [-0.39, 0.29) is 0 Å². The van der Waals surface area contributed by atoms with Gasteiger partial charge in [-0.25, -0.2) is 0 Å². The van der Waals surface area contributed by atoms with Crippen molar-refractivity contribution in [3.05, 3.63) is 34.0 Å². The van der Waals surface area contributed by atoms with Crippen molar-refractivity contribution in [1.29, 1.82) is 0 Å². The average Bonchev–Trinajstić information content (AvgIpc) is 2.85. The highest BCUT2D eigenvalue weighted by atomic mass is 32.1. The minimum absolute atomic E-state index is 0.544. The molecule has 1 aromatic carbocycles. The molecule has 0 saturated carbocycles. The highest BCUT2D eigenvalue weighted by Crippen LogP contribution is 2.37. The summed E-state index contributed by atoms with van der Waals surface area (Å²) >= 11 is 1.72. The first-order valence-electron chi connectivity index (χ1n) is 7.12. The number of hydrogen-bond acceptors (Lipinski definition) is 4. The van der Waals surface area contributed by atoms with Crippen LogP contribution in [0.25, 0.3) is 11.1 Å². The molecular weight excluding hydrogens is 266 g/mol. The Morgan fingerprint density at radius 2 is 1.95 bits per heavy atom. The van der Waals surface area contributed by atoms with Crippen molar-refractivity contribution in [1.82, 2.24) is 0 Å². The molecule has 1 aromatic heterocycles. The second-order valence-electron chi connectivity index (χ2n) is 5.07. The molecule has 0 aliphatic rings. The summed E-state index contributed by atoms with van der Waals surface area (Å²) in [6.45, 7) is 2.76. The SMILES string of the molecule is CCCCCc1csc(CN)c1-c1cc(N)ccc1N. The van der Waals surface area contributed by atoms with Crippen LogP contribution < -0.4 is 17.2 Å². The van der Waals surface area contributed by atoms with E-state index in [1.165, 1.54) is 35.3 Å². The Hall–Kier alpha value is -1.52. The zero-order valence-electron chi connectivity index (χ0n) is 12.0. The Morgan fingerprint density at radius 3 is 2.65 bits per heavy atom. The van der Waals surface area contributed by atoms with Crippen LogP contribution >= 0.6 is 11.3 Å². The summed E-state index contributed by atoms with van der Waals surface area (Å²) in [5.41, 5.74) is 23.0. The summed E-state index contributed by atoms with van der Waals surface area (Å²) in [7, 11) is 0. The van der Waals surface area contributed by atoms with E-state index in [0.717, 1.165) is 23.4 Å². The summed E-state index contributed by atoms with van der Waals surface area (Å²) in [5.74, 6) is 0. The predicted octanol–water partition coefficient (Wildman–Crippen LogP) is 3.77. The molecule has 0 unspecified atom stereocenters. The molecule has 6 N–H and O–H groups in total. The maximum atomic E-state index is 6.14. The van der Waals surface area contributed by atoms with Gasteiger partial charge in [0.2, 0.25) is 0 Å². The van der Waals surface area contributed by atoms with E-state index < -0.39 is 0 Å². The van der Waals surface area contributed by atoms with E-state index in [0.29, 0.717) is 6.54 Å². The number of anilines is 2. The van der Waals surface area contributed by atoms with Crippen LogP contribution in [0.1, 0.15) is 36.6 Å². The van der Waals surface area contributed by atoms with Crippen molar-refractivity contribution < 1.29 is 0 Å². The van der Waals surface area contributed by atoms with Crippen LogP contribution in [0.3, 0.4) is 0 Å². The molecule has 2 aromatic rings. The van der Waals surface area contributed by atoms with Crippen LogP contribution in [0.15, 0.2) is 23.6 Å². The second kappa shape index (κ2) is 6.77. The van der Waals surface area contributed by atoms with Crippen LogP contribution in [0, 0.1) is 0 Å². The summed E-state index contributed by atoms with van der Waals surface area (Å²) in [6, 6.07) is 5.67. The van der Waals surface area contributed by atoms with Crippen molar-refractivity contribution in [3.63, 3.8) is 0 Å². The molecule has 0 aliphatic carbocycles. The Morgan fingerprint density at radius 1 is 1.15 bits per heavy atom. The summed E-state index contributed by atoms with van der Waals surface area (Å²) in [4.78, 5) is 1.19. The molecule has 0 radical (unpaired) electrons. The Balaban J connectivity index is 2.42. The number of rotatable bonds is 6.